The van der Waals surface area contributed by atoms with E-state index >= 15 is 0 Å². The summed E-state index contributed by atoms with van der Waals surface area (Å²) < 4.78 is 6.41. The predicted molar refractivity (Wildman–Crippen MR) is 67.8 cm³/mol. The normalized spacial score (nSPS) is 12.6. The Morgan fingerprint density at radius 1 is 1.58 bits per heavy atom. The van der Waals surface area contributed by atoms with Gasteiger partial charge in [0.05, 0.1) is 36.2 Å². The lowest BCUT2D eigenvalue weighted by molar-refractivity contribution is 0.0381. The summed E-state index contributed by atoms with van der Waals surface area (Å²) in [6, 6.07) is 0. The molecule has 1 atom stereocenters. The van der Waals surface area contributed by atoms with E-state index in [1.807, 2.05) is 0 Å². The number of aliphatic hydroxyl groups is 1. The van der Waals surface area contributed by atoms with Crippen molar-refractivity contribution in [3.05, 3.63) is 30.4 Å². The van der Waals surface area contributed by atoms with Crippen molar-refractivity contribution in [1.29, 1.82) is 0 Å². The van der Waals surface area contributed by atoms with Crippen LogP contribution < -0.4 is 0 Å². The molecule has 1 amide bonds. The second kappa shape index (κ2) is 5.77. The third kappa shape index (κ3) is 2.88. The fourth-order valence-electron chi connectivity index (χ4n) is 1.85. The van der Waals surface area contributed by atoms with Crippen LogP contribution in [0.2, 0.25) is 0 Å². The third-order valence-corrected chi connectivity index (χ3v) is 2.75. The highest BCUT2D eigenvalue weighted by atomic mass is 16.5. The zero-order valence-corrected chi connectivity index (χ0v) is 10.9. The Labute approximate surface area is 110 Å². The van der Waals surface area contributed by atoms with E-state index in [2.05, 4.69) is 10.1 Å². The molecule has 2 heterocycles. The Morgan fingerprint density at radius 2 is 2.37 bits per heavy atom. The molecule has 0 aliphatic heterocycles. The summed E-state index contributed by atoms with van der Waals surface area (Å²) in [6.45, 7) is 0.387. The number of carbonyl (C=O) groups is 1. The van der Waals surface area contributed by atoms with Gasteiger partial charge in [0.15, 0.2) is 0 Å². The Bertz CT molecular complexity index is 569. The zero-order valence-electron chi connectivity index (χ0n) is 10.9. The molecule has 0 fully saturated rings. The monoisotopic (exact) mass is 264 g/mol. The average Bonchev–Trinajstić information content (AvgIpc) is 2.81. The van der Waals surface area contributed by atoms with Gasteiger partial charge in [-0.05, 0) is 0 Å². The lowest BCUT2D eigenvalue weighted by atomic mass is 10.2. The predicted octanol–water partition coefficient (Wildman–Crippen LogP) is -0.191. The molecule has 7 nitrogen and oxygen atoms in total. The number of fused-ring (bicyclic) bond motifs is 1. The molecule has 0 saturated heterocycles. The first-order valence-corrected chi connectivity index (χ1v) is 5.83. The molecule has 0 bridgehead atoms. The molecule has 1 N–H and O–H groups in total. The smallest absolute Gasteiger partial charge is 0.257 e. The molecule has 0 spiro atoms. The van der Waals surface area contributed by atoms with E-state index in [1.54, 1.807) is 30.2 Å². The minimum atomic E-state index is -0.709. The number of aliphatic hydroxyl groups excluding tert-OH is 1. The van der Waals surface area contributed by atoms with Crippen molar-refractivity contribution in [2.75, 3.05) is 27.3 Å². The van der Waals surface area contributed by atoms with Crippen LogP contribution in [-0.2, 0) is 4.74 Å². The van der Waals surface area contributed by atoms with Crippen LogP contribution in [0.1, 0.15) is 10.4 Å². The standard InChI is InChI=1S/C12H16N4O3/c1-15(7-9(17)8-19-2)12(18)10-5-14-16-4-3-13-6-11(10)16/h3-6,9,17H,7-8H2,1-2H3. The van der Waals surface area contributed by atoms with E-state index in [4.69, 9.17) is 4.74 Å². The van der Waals surface area contributed by atoms with Crippen molar-refractivity contribution in [1.82, 2.24) is 19.5 Å². The number of methoxy groups -OCH3 is 1. The van der Waals surface area contributed by atoms with Crippen LogP contribution in [0.5, 0.6) is 0 Å². The average molecular weight is 264 g/mol. The summed E-state index contributed by atoms with van der Waals surface area (Å²) in [4.78, 5) is 17.7. The van der Waals surface area contributed by atoms with Gasteiger partial charge in [0.2, 0.25) is 0 Å². The first kappa shape index (κ1) is 13.4. The number of hydrogen-bond donors (Lipinski definition) is 1. The lowest BCUT2D eigenvalue weighted by Crippen LogP contribution is -2.36. The molecule has 7 heteroatoms. The Morgan fingerprint density at radius 3 is 3.11 bits per heavy atom. The third-order valence-electron chi connectivity index (χ3n) is 2.75. The first-order valence-electron chi connectivity index (χ1n) is 5.83. The maximum Gasteiger partial charge on any atom is 0.257 e. The van der Waals surface area contributed by atoms with Gasteiger partial charge < -0.3 is 14.7 Å². The molecule has 0 aliphatic carbocycles. The van der Waals surface area contributed by atoms with Crippen molar-refractivity contribution >= 4 is 11.4 Å². The van der Waals surface area contributed by atoms with Gasteiger partial charge in [0, 0.05) is 33.1 Å². The highest BCUT2D eigenvalue weighted by Crippen LogP contribution is 2.11. The van der Waals surface area contributed by atoms with Gasteiger partial charge in [-0.25, -0.2) is 4.52 Å². The molecular formula is C12H16N4O3. The molecule has 2 aromatic rings. The fourth-order valence-corrected chi connectivity index (χ4v) is 1.85. The van der Waals surface area contributed by atoms with Gasteiger partial charge in [0.25, 0.3) is 5.91 Å². The SMILES string of the molecule is COCC(O)CN(C)C(=O)c1cnn2ccncc12. The van der Waals surface area contributed by atoms with Crippen LogP contribution in [0.4, 0.5) is 0 Å². The number of nitrogens with zero attached hydrogens (tertiary/aromatic N) is 4. The van der Waals surface area contributed by atoms with Crippen LogP contribution in [-0.4, -0.2) is 63.9 Å². The second-order valence-electron chi connectivity index (χ2n) is 4.26. The largest absolute Gasteiger partial charge is 0.389 e. The number of hydrogen-bond acceptors (Lipinski definition) is 5. The van der Waals surface area contributed by atoms with E-state index in [0.717, 1.165) is 0 Å². The maximum atomic E-state index is 12.3. The summed E-state index contributed by atoms with van der Waals surface area (Å²) >= 11 is 0. The van der Waals surface area contributed by atoms with Crippen molar-refractivity contribution in [3.63, 3.8) is 0 Å². The van der Waals surface area contributed by atoms with Crippen molar-refractivity contribution < 1.29 is 14.6 Å². The quantitative estimate of drug-likeness (QED) is 0.809. The summed E-state index contributed by atoms with van der Waals surface area (Å²) in [5.41, 5.74) is 1.10. The van der Waals surface area contributed by atoms with Gasteiger partial charge in [0.1, 0.15) is 0 Å². The summed E-state index contributed by atoms with van der Waals surface area (Å²) in [7, 11) is 3.13. The lowest BCUT2D eigenvalue weighted by Gasteiger charge is -2.19. The molecular weight excluding hydrogens is 248 g/mol. The summed E-state index contributed by atoms with van der Waals surface area (Å²) in [5.74, 6) is -0.210. The van der Waals surface area contributed by atoms with Gasteiger partial charge in [-0.2, -0.15) is 5.10 Å². The van der Waals surface area contributed by atoms with E-state index in [1.165, 1.54) is 18.2 Å². The molecule has 0 aromatic carbocycles. The number of amides is 1. The minimum Gasteiger partial charge on any atom is -0.389 e. The van der Waals surface area contributed by atoms with E-state index < -0.39 is 6.10 Å². The number of ether oxygens (including phenoxy) is 1. The molecule has 0 saturated carbocycles. The highest BCUT2D eigenvalue weighted by Gasteiger charge is 2.19. The van der Waals surface area contributed by atoms with Crippen molar-refractivity contribution in [3.8, 4) is 0 Å². The van der Waals surface area contributed by atoms with Crippen LogP contribution >= 0.6 is 0 Å². The minimum absolute atomic E-state index is 0.188. The van der Waals surface area contributed by atoms with E-state index in [0.29, 0.717) is 11.1 Å². The van der Waals surface area contributed by atoms with Gasteiger partial charge in [-0.15, -0.1) is 0 Å². The Balaban J connectivity index is 2.15. The van der Waals surface area contributed by atoms with Gasteiger partial charge >= 0.3 is 0 Å². The molecule has 1 unspecified atom stereocenters. The van der Waals surface area contributed by atoms with Crippen LogP contribution in [0.3, 0.4) is 0 Å². The zero-order chi connectivity index (χ0) is 13.8. The first-order chi connectivity index (χ1) is 9.13. The fraction of sp³-hybridized carbons (Fsp3) is 0.417. The van der Waals surface area contributed by atoms with Crippen molar-refractivity contribution in [2.45, 2.75) is 6.10 Å². The molecule has 2 rings (SSSR count). The summed E-state index contributed by atoms with van der Waals surface area (Å²) in [6.07, 6.45) is 5.64. The Hall–Kier alpha value is -1.99. The number of carbonyl (C=O) groups excluding carboxylic acids is 1. The van der Waals surface area contributed by atoms with Gasteiger partial charge in [-0.1, -0.05) is 0 Å². The van der Waals surface area contributed by atoms with E-state index in [9.17, 15) is 9.90 Å². The number of rotatable bonds is 5. The Kier molecular flexibility index (Phi) is 4.08. The molecule has 0 radical (unpaired) electrons. The molecule has 102 valence electrons. The van der Waals surface area contributed by atoms with Crippen LogP contribution in [0.15, 0.2) is 24.8 Å². The van der Waals surface area contributed by atoms with Crippen LogP contribution in [0.25, 0.3) is 5.52 Å². The maximum absolute atomic E-state index is 12.3. The molecule has 19 heavy (non-hydrogen) atoms. The molecule has 0 aliphatic rings. The van der Waals surface area contributed by atoms with Crippen molar-refractivity contribution in [2.24, 2.45) is 0 Å². The molecule has 2 aromatic heterocycles. The topological polar surface area (TPSA) is 80.0 Å². The number of likely N-dealkylation sites (N-methyl/N-ethyl adjacent to an activating group) is 1. The summed E-state index contributed by atoms with van der Waals surface area (Å²) in [5, 5.41) is 13.7. The number of aromatic nitrogens is 3. The van der Waals surface area contributed by atoms with E-state index in [-0.39, 0.29) is 19.1 Å². The van der Waals surface area contributed by atoms with Gasteiger partial charge in [-0.3, -0.25) is 9.78 Å². The van der Waals surface area contributed by atoms with Crippen LogP contribution in [0, 0.1) is 0 Å². The second-order valence-corrected chi connectivity index (χ2v) is 4.26. The highest BCUT2D eigenvalue weighted by molar-refractivity contribution is 6.00.